The van der Waals surface area contributed by atoms with E-state index < -0.39 is 5.60 Å². The number of benzene rings is 1. The van der Waals surface area contributed by atoms with E-state index in [9.17, 15) is 4.79 Å². The maximum absolute atomic E-state index is 15.0. The van der Waals surface area contributed by atoms with Gasteiger partial charge in [-0.2, -0.15) is 0 Å². The molecular formula is C25H26FN7O2. The van der Waals surface area contributed by atoms with Crippen LogP contribution < -0.4 is 20.3 Å². The van der Waals surface area contributed by atoms with E-state index >= 15 is 4.39 Å². The minimum Gasteiger partial charge on any atom is -0.474 e. The van der Waals surface area contributed by atoms with Gasteiger partial charge in [0.2, 0.25) is 5.95 Å². The second-order valence-electron chi connectivity index (χ2n) is 9.83. The number of fused-ring (bicyclic) bond motifs is 3. The molecule has 1 aromatic carbocycles. The maximum atomic E-state index is 15.0. The highest BCUT2D eigenvalue weighted by Crippen LogP contribution is 2.37. The maximum Gasteiger partial charge on any atom is 0.269 e. The number of carbonyl (C=O) groups is 1. The molecule has 2 saturated heterocycles. The van der Waals surface area contributed by atoms with Crippen molar-refractivity contribution in [1.82, 2.24) is 19.9 Å². The van der Waals surface area contributed by atoms with E-state index in [2.05, 4.69) is 42.4 Å². The molecule has 0 unspecified atom stereocenters. The molecule has 3 aromatic rings. The summed E-state index contributed by atoms with van der Waals surface area (Å²) in [7, 11) is 2.13. The molecule has 6 rings (SSSR count). The molecule has 1 amide bonds. The van der Waals surface area contributed by atoms with Gasteiger partial charge in [-0.1, -0.05) is 0 Å². The molecule has 3 aliphatic rings. The quantitative estimate of drug-likeness (QED) is 0.593. The van der Waals surface area contributed by atoms with Crippen molar-refractivity contribution in [3.63, 3.8) is 0 Å². The van der Waals surface area contributed by atoms with Crippen LogP contribution >= 0.6 is 0 Å². The highest BCUT2D eigenvalue weighted by molar-refractivity contribution is 5.99. The molecule has 5 heterocycles. The van der Waals surface area contributed by atoms with Gasteiger partial charge in [-0.25, -0.2) is 19.3 Å². The number of anilines is 4. The highest BCUT2D eigenvalue weighted by Gasteiger charge is 2.42. The van der Waals surface area contributed by atoms with Gasteiger partial charge in [0.25, 0.3) is 5.91 Å². The lowest BCUT2D eigenvalue weighted by Gasteiger charge is -2.33. The van der Waals surface area contributed by atoms with E-state index in [0.717, 1.165) is 19.5 Å². The van der Waals surface area contributed by atoms with Gasteiger partial charge in [0, 0.05) is 48.8 Å². The van der Waals surface area contributed by atoms with Crippen molar-refractivity contribution in [2.24, 2.45) is 0 Å². The second kappa shape index (κ2) is 7.88. The summed E-state index contributed by atoms with van der Waals surface area (Å²) in [5.41, 5.74) is 1.54. The van der Waals surface area contributed by atoms with Crippen LogP contribution in [-0.2, 0) is 4.79 Å². The third kappa shape index (κ3) is 3.83. The number of nitrogens with zero attached hydrogens (tertiary/aromatic N) is 5. The van der Waals surface area contributed by atoms with Crippen LogP contribution in [0.15, 0.2) is 42.7 Å². The number of aromatic nitrogens is 3. The smallest absolute Gasteiger partial charge is 0.269 e. The Morgan fingerprint density at radius 2 is 2.03 bits per heavy atom. The Bertz CT molecular complexity index is 1330. The molecule has 0 saturated carbocycles. The van der Waals surface area contributed by atoms with Gasteiger partial charge in [0.05, 0.1) is 11.4 Å². The Morgan fingerprint density at radius 1 is 1.17 bits per heavy atom. The number of hydrogen-bond acceptors (Lipinski definition) is 8. The summed E-state index contributed by atoms with van der Waals surface area (Å²) in [6, 6.07) is 9.56. The number of carbonyl (C=O) groups excluding carboxylic acids is 1. The van der Waals surface area contributed by atoms with E-state index in [4.69, 9.17) is 4.74 Å². The summed E-state index contributed by atoms with van der Waals surface area (Å²) in [6.07, 6.45) is 4.32. The van der Waals surface area contributed by atoms with Crippen molar-refractivity contribution in [1.29, 1.82) is 0 Å². The molecule has 10 heteroatoms. The summed E-state index contributed by atoms with van der Waals surface area (Å²) in [4.78, 5) is 29.8. The first-order valence-corrected chi connectivity index (χ1v) is 11.6. The summed E-state index contributed by atoms with van der Waals surface area (Å²) in [5, 5.41) is 5.85. The zero-order chi connectivity index (χ0) is 24.3. The van der Waals surface area contributed by atoms with Crippen LogP contribution in [0.5, 0.6) is 5.75 Å². The normalized spacial score (nSPS) is 22.5. The standard InChI is InChI=1S/C25H26FN7O2/c1-25(2)23(34)31-22-21(35-25)8-14(11-28-22)19-6-7-27-24(30-19)29-15-4-5-20(18(26)9-15)33-13-16-10-17(33)12-32(16)3/h4-9,11,16-17H,10,12-13H2,1-3H3,(H,27,29,30)(H,28,31,34)/t16-,17-/m1/s1. The Kier molecular flexibility index (Phi) is 4.89. The van der Waals surface area contributed by atoms with Crippen molar-refractivity contribution in [2.75, 3.05) is 35.7 Å². The SMILES string of the molecule is CN1C[C@H]2C[C@@H]1CN2c1ccc(Nc2nccc(-c3cnc4c(c3)OC(C)(C)C(=O)N4)n2)cc1F. The van der Waals surface area contributed by atoms with E-state index in [-0.39, 0.29) is 11.7 Å². The van der Waals surface area contributed by atoms with Gasteiger partial charge >= 0.3 is 0 Å². The largest absolute Gasteiger partial charge is 0.474 e. The molecule has 2 N–H and O–H groups in total. The summed E-state index contributed by atoms with van der Waals surface area (Å²) in [6.45, 7) is 5.22. The molecule has 0 radical (unpaired) electrons. The minimum atomic E-state index is -0.994. The lowest BCUT2D eigenvalue weighted by atomic mass is 10.1. The number of hydrogen-bond donors (Lipinski definition) is 2. The first kappa shape index (κ1) is 21.7. The first-order chi connectivity index (χ1) is 16.8. The van der Waals surface area contributed by atoms with Crippen molar-refractivity contribution < 1.29 is 13.9 Å². The zero-order valence-electron chi connectivity index (χ0n) is 19.7. The van der Waals surface area contributed by atoms with Crippen LogP contribution in [0.3, 0.4) is 0 Å². The van der Waals surface area contributed by atoms with Gasteiger partial charge in [-0.05, 0) is 57.6 Å². The second-order valence-corrected chi connectivity index (χ2v) is 9.83. The van der Waals surface area contributed by atoms with E-state index in [1.54, 1.807) is 38.4 Å². The number of likely N-dealkylation sites (N-methyl/N-ethyl adjacent to an activating group) is 1. The lowest BCUT2D eigenvalue weighted by molar-refractivity contribution is -0.129. The molecule has 2 bridgehead atoms. The fraction of sp³-hybridized carbons (Fsp3) is 0.360. The predicted octanol–water partition coefficient (Wildman–Crippen LogP) is 3.42. The molecule has 2 atom stereocenters. The molecule has 0 aliphatic carbocycles. The molecular weight excluding hydrogens is 449 g/mol. The van der Waals surface area contributed by atoms with E-state index in [0.29, 0.717) is 52.2 Å². The number of rotatable bonds is 4. The van der Waals surface area contributed by atoms with Crippen molar-refractivity contribution in [2.45, 2.75) is 38.0 Å². The van der Waals surface area contributed by atoms with Crippen LogP contribution in [0, 0.1) is 5.82 Å². The Morgan fingerprint density at radius 3 is 2.77 bits per heavy atom. The molecule has 0 spiro atoms. The molecule has 9 nitrogen and oxygen atoms in total. The summed E-state index contributed by atoms with van der Waals surface area (Å²) in [5.74, 6) is 0.672. The number of pyridine rings is 1. The van der Waals surface area contributed by atoms with Crippen LogP contribution in [-0.4, -0.2) is 63.6 Å². The van der Waals surface area contributed by atoms with Crippen LogP contribution in [0.25, 0.3) is 11.3 Å². The number of nitrogens with one attached hydrogen (secondary N) is 2. The number of likely N-dealkylation sites (tertiary alicyclic amines) is 1. The van der Waals surface area contributed by atoms with E-state index in [1.165, 1.54) is 6.07 Å². The lowest BCUT2D eigenvalue weighted by Crippen LogP contribution is -2.45. The average molecular weight is 476 g/mol. The van der Waals surface area contributed by atoms with Crippen molar-refractivity contribution in [3.8, 4) is 17.0 Å². The van der Waals surface area contributed by atoms with Gasteiger partial charge in [-0.15, -0.1) is 0 Å². The summed E-state index contributed by atoms with van der Waals surface area (Å²) >= 11 is 0. The monoisotopic (exact) mass is 475 g/mol. The van der Waals surface area contributed by atoms with Crippen LogP contribution in [0.1, 0.15) is 20.3 Å². The number of amides is 1. The fourth-order valence-electron chi connectivity index (χ4n) is 5.02. The fourth-order valence-corrected chi connectivity index (χ4v) is 5.02. The van der Waals surface area contributed by atoms with Crippen LogP contribution in [0.2, 0.25) is 0 Å². The first-order valence-electron chi connectivity index (χ1n) is 11.6. The third-order valence-corrected chi connectivity index (χ3v) is 6.98. The van der Waals surface area contributed by atoms with Gasteiger partial charge < -0.3 is 20.3 Å². The van der Waals surface area contributed by atoms with Crippen LogP contribution in [0.4, 0.5) is 27.5 Å². The van der Waals surface area contributed by atoms with Gasteiger partial charge in [0.1, 0.15) is 5.82 Å². The molecule has 3 aliphatic heterocycles. The molecule has 2 fully saturated rings. The topological polar surface area (TPSA) is 95.5 Å². The number of halogens is 1. The third-order valence-electron chi connectivity index (χ3n) is 6.98. The molecule has 2 aromatic heterocycles. The number of ether oxygens (including phenoxy) is 1. The number of piperazine rings is 1. The molecule has 180 valence electrons. The van der Waals surface area contributed by atoms with Gasteiger partial charge in [-0.3, -0.25) is 9.69 Å². The van der Waals surface area contributed by atoms with Crippen molar-refractivity contribution in [3.05, 3.63) is 48.5 Å². The Hall–Kier alpha value is -3.79. The Balaban J connectivity index is 1.21. The minimum absolute atomic E-state index is 0.249. The molecule has 35 heavy (non-hydrogen) atoms. The van der Waals surface area contributed by atoms with Crippen molar-refractivity contribution >= 4 is 29.0 Å². The average Bonchev–Trinajstić information content (AvgIpc) is 3.39. The zero-order valence-corrected chi connectivity index (χ0v) is 19.7. The van der Waals surface area contributed by atoms with Gasteiger partial charge in [0.15, 0.2) is 17.2 Å². The van der Waals surface area contributed by atoms with E-state index in [1.807, 2.05) is 12.1 Å². The Labute approximate surface area is 202 Å². The highest BCUT2D eigenvalue weighted by atomic mass is 19.1. The predicted molar refractivity (Wildman–Crippen MR) is 130 cm³/mol. The summed E-state index contributed by atoms with van der Waals surface area (Å²) < 4.78 is 20.9.